The van der Waals surface area contributed by atoms with Crippen molar-refractivity contribution in [3.05, 3.63) is 57.7 Å². The maximum absolute atomic E-state index is 13.5. The summed E-state index contributed by atoms with van der Waals surface area (Å²) in [5.74, 6) is -0.288. The van der Waals surface area contributed by atoms with E-state index in [-0.39, 0.29) is 5.82 Å². The Morgan fingerprint density at radius 2 is 1.78 bits per heavy atom. The van der Waals surface area contributed by atoms with E-state index in [2.05, 4.69) is 4.98 Å². The number of aliphatic hydroxyl groups excluding tert-OH is 1. The molecule has 1 atom stereocenters. The van der Waals surface area contributed by atoms with Crippen molar-refractivity contribution in [1.29, 1.82) is 0 Å². The lowest BCUT2D eigenvalue weighted by Crippen LogP contribution is -2.03. The zero-order chi connectivity index (χ0) is 13.4. The first kappa shape index (κ1) is 12.8. The van der Waals surface area contributed by atoms with Crippen LogP contribution >= 0.6 is 0 Å². The van der Waals surface area contributed by atoms with Crippen LogP contribution in [0, 0.1) is 33.5 Å². The topological polar surface area (TPSA) is 36.0 Å². The molecule has 1 heterocycles. The Kier molecular flexibility index (Phi) is 3.26. The third-order valence-corrected chi connectivity index (χ3v) is 3.64. The lowest BCUT2D eigenvalue weighted by atomic mass is 10.0. The number of halogens is 1. The smallest absolute Gasteiger partial charge is 0.126 e. The predicted octanol–water partition coefficient (Wildman–Crippen LogP) is 3.47. The number of H-pyrrole nitrogens is 1. The molecule has 96 valence electrons. The molecule has 3 heteroatoms. The number of benzene rings is 1. The third kappa shape index (κ3) is 2.06. The molecule has 1 aromatic heterocycles. The zero-order valence-corrected chi connectivity index (χ0v) is 11.1. The number of hydrogen-bond acceptors (Lipinski definition) is 1. The van der Waals surface area contributed by atoms with Gasteiger partial charge in [-0.1, -0.05) is 12.1 Å². The second kappa shape index (κ2) is 4.58. The average molecular weight is 247 g/mol. The third-order valence-electron chi connectivity index (χ3n) is 3.64. The van der Waals surface area contributed by atoms with Gasteiger partial charge >= 0.3 is 0 Å². The van der Waals surface area contributed by atoms with Crippen LogP contribution in [0.15, 0.2) is 18.2 Å². The standard InChI is InChI=1S/C15H18FNO/c1-8-5-6-12(7-13(8)16)15(18)14-10(3)9(2)11(4)17-14/h5-7,15,17-18H,1-4H3. The highest BCUT2D eigenvalue weighted by Crippen LogP contribution is 2.28. The fourth-order valence-electron chi connectivity index (χ4n) is 2.09. The molecule has 1 unspecified atom stereocenters. The Labute approximate surface area is 106 Å². The van der Waals surface area contributed by atoms with Gasteiger partial charge in [-0.05, 0) is 56.0 Å². The van der Waals surface area contributed by atoms with Crippen molar-refractivity contribution in [2.75, 3.05) is 0 Å². The zero-order valence-electron chi connectivity index (χ0n) is 11.1. The summed E-state index contributed by atoms with van der Waals surface area (Å²) >= 11 is 0. The molecular weight excluding hydrogens is 229 g/mol. The second-order valence-corrected chi connectivity index (χ2v) is 4.82. The summed E-state index contributed by atoms with van der Waals surface area (Å²) in [7, 11) is 0. The van der Waals surface area contributed by atoms with Crippen molar-refractivity contribution >= 4 is 0 Å². The van der Waals surface area contributed by atoms with E-state index in [0.29, 0.717) is 11.1 Å². The van der Waals surface area contributed by atoms with E-state index >= 15 is 0 Å². The van der Waals surface area contributed by atoms with Gasteiger partial charge in [-0.15, -0.1) is 0 Å². The monoisotopic (exact) mass is 247 g/mol. The Morgan fingerprint density at radius 1 is 1.11 bits per heavy atom. The molecular formula is C15H18FNO. The Morgan fingerprint density at radius 3 is 2.28 bits per heavy atom. The summed E-state index contributed by atoms with van der Waals surface area (Å²) in [6, 6.07) is 4.84. The molecule has 0 aliphatic carbocycles. The van der Waals surface area contributed by atoms with E-state index in [9.17, 15) is 9.50 Å². The van der Waals surface area contributed by atoms with E-state index in [4.69, 9.17) is 0 Å². The van der Waals surface area contributed by atoms with Crippen molar-refractivity contribution in [2.24, 2.45) is 0 Å². The molecule has 0 bridgehead atoms. The fourth-order valence-corrected chi connectivity index (χ4v) is 2.09. The maximum atomic E-state index is 13.5. The Hall–Kier alpha value is -1.61. The van der Waals surface area contributed by atoms with Crippen LogP contribution in [0.2, 0.25) is 0 Å². The SMILES string of the molecule is Cc1ccc(C(O)c2[nH]c(C)c(C)c2C)cc1F. The number of aryl methyl sites for hydroxylation is 2. The van der Waals surface area contributed by atoms with Crippen molar-refractivity contribution in [3.63, 3.8) is 0 Å². The van der Waals surface area contributed by atoms with Gasteiger partial charge in [0.05, 0.1) is 5.69 Å². The van der Waals surface area contributed by atoms with Gasteiger partial charge in [-0.25, -0.2) is 4.39 Å². The minimum absolute atomic E-state index is 0.288. The molecule has 18 heavy (non-hydrogen) atoms. The average Bonchev–Trinajstić information content (AvgIpc) is 2.60. The number of aliphatic hydroxyl groups is 1. The lowest BCUT2D eigenvalue weighted by molar-refractivity contribution is 0.214. The van der Waals surface area contributed by atoms with Crippen LogP contribution < -0.4 is 0 Å². The van der Waals surface area contributed by atoms with Gasteiger partial charge in [0, 0.05) is 5.69 Å². The quantitative estimate of drug-likeness (QED) is 0.837. The van der Waals surface area contributed by atoms with Crippen molar-refractivity contribution < 1.29 is 9.50 Å². The van der Waals surface area contributed by atoms with Crippen LogP contribution in [0.3, 0.4) is 0 Å². The molecule has 2 nitrogen and oxygen atoms in total. The van der Waals surface area contributed by atoms with E-state index in [1.807, 2.05) is 20.8 Å². The molecule has 0 saturated carbocycles. The van der Waals surface area contributed by atoms with Crippen LogP contribution in [0.1, 0.15) is 39.7 Å². The largest absolute Gasteiger partial charge is 0.382 e. The molecule has 1 aromatic carbocycles. The molecule has 0 radical (unpaired) electrons. The van der Waals surface area contributed by atoms with Gasteiger partial charge < -0.3 is 10.1 Å². The molecule has 0 fully saturated rings. The molecule has 2 rings (SSSR count). The number of nitrogens with one attached hydrogen (secondary N) is 1. The Bertz CT molecular complexity index is 586. The van der Waals surface area contributed by atoms with Crippen molar-refractivity contribution in [2.45, 2.75) is 33.8 Å². The summed E-state index contributed by atoms with van der Waals surface area (Å²) < 4.78 is 13.5. The first-order valence-electron chi connectivity index (χ1n) is 6.01. The molecule has 2 N–H and O–H groups in total. The lowest BCUT2D eigenvalue weighted by Gasteiger charge is -2.12. The van der Waals surface area contributed by atoms with Crippen LogP contribution in [0.5, 0.6) is 0 Å². The maximum Gasteiger partial charge on any atom is 0.126 e. The van der Waals surface area contributed by atoms with Crippen LogP contribution in [0.4, 0.5) is 4.39 Å². The van der Waals surface area contributed by atoms with Crippen LogP contribution in [-0.4, -0.2) is 10.1 Å². The first-order chi connectivity index (χ1) is 8.41. The van der Waals surface area contributed by atoms with Gasteiger partial charge in [-0.2, -0.15) is 0 Å². The normalized spacial score (nSPS) is 12.8. The first-order valence-corrected chi connectivity index (χ1v) is 6.01. The van der Waals surface area contributed by atoms with Gasteiger partial charge in [0.2, 0.25) is 0 Å². The summed E-state index contributed by atoms with van der Waals surface area (Å²) in [6.07, 6.45) is -0.813. The Balaban J connectivity index is 2.44. The molecule has 0 saturated heterocycles. The van der Waals surface area contributed by atoms with E-state index in [1.165, 1.54) is 6.07 Å². The molecule has 2 aromatic rings. The van der Waals surface area contributed by atoms with E-state index in [1.54, 1.807) is 19.1 Å². The molecule has 0 aliphatic rings. The molecule has 0 spiro atoms. The van der Waals surface area contributed by atoms with Crippen LogP contribution in [-0.2, 0) is 0 Å². The summed E-state index contributed by atoms with van der Waals surface area (Å²) in [5, 5.41) is 10.3. The predicted molar refractivity (Wildman–Crippen MR) is 70.2 cm³/mol. The number of aromatic nitrogens is 1. The molecule has 0 amide bonds. The number of aromatic amines is 1. The highest BCUT2D eigenvalue weighted by Gasteiger charge is 2.18. The van der Waals surface area contributed by atoms with Crippen molar-refractivity contribution in [1.82, 2.24) is 4.98 Å². The van der Waals surface area contributed by atoms with Crippen molar-refractivity contribution in [3.8, 4) is 0 Å². The van der Waals surface area contributed by atoms with E-state index < -0.39 is 6.10 Å². The number of rotatable bonds is 2. The van der Waals surface area contributed by atoms with Gasteiger partial charge in [0.15, 0.2) is 0 Å². The van der Waals surface area contributed by atoms with E-state index in [0.717, 1.165) is 22.5 Å². The molecule has 0 aliphatic heterocycles. The number of hydrogen-bond donors (Lipinski definition) is 2. The van der Waals surface area contributed by atoms with Crippen LogP contribution in [0.25, 0.3) is 0 Å². The summed E-state index contributed by atoms with van der Waals surface area (Å²) in [5.41, 5.74) is 5.10. The van der Waals surface area contributed by atoms with Gasteiger partial charge in [0.1, 0.15) is 11.9 Å². The second-order valence-electron chi connectivity index (χ2n) is 4.82. The summed E-state index contributed by atoms with van der Waals surface area (Å²) in [4.78, 5) is 3.17. The summed E-state index contributed by atoms with van der Waals surface area (Å²) in [6.45, 7) is 7.64. The van der Waals surface area contributed by atoms with Gasteiger partial charge in [0.25, 0.3) is 0 Å². The fraction of sp³-hybridized carbons (Fsp3) is 0.333. The minimum atomic E-state index is -0.813. The highest BCUT2D eigenvalue weighted by atomic mass is 19.1. The highest BCUT2D eigenvalue weighted by molar-refractivity contribution is 5.39. The minimum Gasteiger partial charge on any atom is -0.382 e. The van der Waals surface area contributed by atoms with Gasteiger partial charge in [-0.3, -0.25) is 0 Å².